The highest BCUT2D eigenvalue weighted by Crippen LogP contribution is 2.26. The van der Waals surface area contributed by atoms with Gasteiger partial charge in [-0.05, 0) is 55.7 Å². The van der Waals surface area contributed by atoms with Crippen molar-refractivity contribution in [3.63, 3.8) is 0 Å². The van der Waals surface area contributed by atoms with Crippen LogP contribution in [0.4, 0.5) is 0 Å². The van der Waals surface area contributed by atoms with Gasteiger partial charge in [0.15, 0.2) is 5.78 Å². The highest BCUT2D eigenvalue weighted by molar-refractivity contribution is 5.97. The van der Waals surface area contributed by atoms with Crippen molar-refractivity contribution in [2.45, 2.75) is 51.0 Å². The molecule has 0 unspecified atom stereocenters. The Bertz CT molecular complexity index is 508. The molecule has 2 aliphatic rings. The van der Waals surface area contributed by atoms with Crippen molar-refractivity contribution in [3.05, 3.63) is 34.9 Å². The second kappa shape index (κ2) is 6.71. The summed E-state index contributed by atoms with van der Waals surface area (Å²) in [5.74, 6) is 0.231. The maximum atomic E-state index is 12.6. The van der Waals surface area contributed by atoms with Crippen molar-refractivity contribution in [2.24, 2.45) is 0 Å². The van der Waals surface area contributed by atoms with Crippen LogP contribution in [0.15, 0.2) is 18.2 Å². The third-order valence-corrected chi connectivity index (χ3v) is 4.96. The van der Waals surface area contributed by atoms with E-state index < -0.39 is 0 Å². The van der Waals surface area contributed by atoms with Gasteiger partial charge in [0.05, 0.1) is 6.54 Å². The fraction of sp³-hybridized carbons (Fsp3) is 0.611. The summed E-state index contributed by atoms with van der Waals surface area (Å²) in [6, 6.07) is 6.79. The number of Topliss-reactive ketones (excluding diaryl/α,β-unsaturated/α-hetero) is 1. The minimum absolute atomic E-state index is 0.205. The molecule has 2 aliphatic carbocycles. The van der Waals surface area contributed by atoms with E-state index in [1.165, 1.54) is 36.8 Å². The van der Waals surface area contributed by atoms with Gasteiger partial charge in [0, 0.05) is 24.8 Å². The van der Waals surface area contributed by atoms with Crippen molar-refractivity contribution < 1.29 is 9.90 Å². The number of fused-ring (bicyclic) bond motifs is 1. The Labute approximate surface area is 127 Å². The summed E-state index contributed by atoms with van der Waals surface area (Å²) < 4.78 is 0. The van der Waals surface area contributed by atoms with Gasteiger partial charge in [-0.2, -0.15) is 0 Å². The van der Waals surface area contributed by atoms with Crippen LogP contribution in [0.2, 0.25) is 0 Å². The van der Waals surface area contributed by atoms with Gasteiger partial charge in [0.1, 0.15) is 0 Å². The SMILES string of the molecule is O=C(CN(CCCO)C1CCC1)c1ccc2c(c1)CCC2. The van der Waals surface area contributed by atoms with Crippen LogP contribution in [0.25, 0.3) is 0 Å². The van der Waals surface area contributed by atoms with Gasteiger partial charge in [-0.25, -0.2) is 0 Å². The fourth-order valence-electron chi connectivity index (χ4n) is 3.44. The molecule has 0 radical (unpaired) electrons. The number of aliphatic hydroxyl groups excluding tert-OH is 1. The summed E-state index contributed by atoms with van der Waals surface area (Å²) in [6.45, 7) is 1.54. The van der Waals surface area contributed by atoms with Crippen LogP contribution in [0, 0.1) is 0 Å². The van der Waals surface area contributed by atoms with Gasteiger partial charge in [-0.3, -0.25) is 9.69 Å². The molecular weight excluding hydrogens is 262 g/mol. The Morgan fingerprint density at radius 1 is 1.19 bits per heavy atom. The lowest BCUT2D eigenvalue weighted by Crippen LogP contribution is -2.43. The molecule has 1 saturated carbocycles. The number of hydrogen-bond acceptors (Lipinski definition) is 3. The van der Waals surface area contributed by atoms with Crippen LogP contribution in [-0.4, -0.2) is 41.5 Å². The zero-order valence-corrected chi connectivity index (χ0v) is 12.7. The average Bonchev–Trinajstić information content (AvgIpc) is 2.89. The Hall–Kier alpha value is -1.19. The number of aryl methyl sites for hydroxylation is 2. The Balaban J connectivity index is 1.65. The number of benzene rings is 1. The summed E-state index contributed by atoms with van der Waals surface area (Å²) in [7, 11) is 0. The molecule has 114 valence electrons. The van der Waals surface area contributed by atoms with Crippen molar-refractivity contribution >= 4 is 5.78 Å². The number of hydrogen-bond donors (Lipinski definition) is 1. The molecular formula is C18H25NO2. The Kier molecular flexibility index (Phi) is 4.71. The summed E-state index contributed by atoms with van der Waals surface area (Å²) in [4.78, 5) is 14.8. The molecule has 0 aliphatic heterocycles. The number of aliphatic hydroxyl groups is 1. The van der Waals surface area contributed by atoms with Gasteiger partial charge in [0.25, 0.3) is 0 Å². The van der Waals surface area contributed by atoms with Crippen LogP contribution in [0.5, 0.6) is 0 Å². The second-order valence-corrected chi connectivity index (χ2v) is 6.39. The zero-order valence-electron chi connectivity index (χ0n) is 12.7. The smallest absolute Gasteiger partial charge is 0.176 e. The lowest BCUT2D eigenvalue weighted by molar-refractivity contribution is 0.0788. The first-order chi connectivity index (χ1) is 10.3. The zero-order chi connectivity index (χ0) is 14.7. The van der Waals surface area contributed by atoms with E-state index >= 15 is 0 Å². The first kappa shape index (κ1) is 14.7. The molecule has 0 spiro atoms. The second-order valence-electron chi connectivity index (χ2n) is 6.39. The lowest BCUT2D eigenvalue weighted by atomic mass is 9.91. The quantitative estimate of drug-likeness (QED) is 0.784. The Morgan fingerprint density at radius 2 is 2.00 bits per heavy atom. The molecule has 0 atom stereocenters. The number of carbonyl (C=O) groups is 1. The van der Waals surface area contributed by atoms with E-state index in [9.17, 15) is 4.79 Å². The van der Waals surface area contributed by atoms with Crippen LogP contribution in [0.1, 0.15) is 53.6 Å². The maximum absolute atomic E-state index is 12.6. The minimum Gasteiger partial charge on any atom is -0.396 e. The van der Waals surface area contributed by atoms with E-state index in [0.717, 1.165) is 31.4 Å². The molecule has 0 amide bonds. The van der Waals surface area contributed by atoms with Crippen LogP contribution < -0.4 is 0 Å². The Morgan fingerprint density at radius 3 is 2.71 bits per heavy atom. The summed E-state index contributed by atoms with van der Waals surface area (Å²) in [5.41, 5.74) is 3.65. The standard InChI is InChI=1S/C18H25NO2/c20-11-3-10-19(17-6-2-7-17)13-18(21)16-9-8-14-4-1-5-15(14)12-16/h8-9,12,17,20H,1-7,10-11,13H2. The monoisotopic (exact) mass is 287 g/mol. The van der Waals surface area contributed by atoms with E-state index in [1.807, 2.05) is 6.07 Å². The van der Waals surface area contributed by atoms with Crippen LogP contribution in [0.3, 0.4) is 0 Å². The highest BCUT2D eigenvalue weighted by Gasteiger charge is 2.26. The molecule has 1 fully saturated rings. The van der Waals surface area contributed by atoms with Gasteiger partial charge < -0.3 is 5.11 Å². The summed E-state index contributed by atoms with van der Waals surface area (Å²) in [5, 5.41) is 9.03. The van der Waals surface area contributed by atoms with E-state index in [-0.39, 0.29) is 12.4 Å². The van der Waals surface area contributed by atoms with E-state index in [0.29, 0.717) is 12.6 Å². The largest absolute Gasteiger partial charge is 0.396 e. The molecule has 3 rings (SSSR count). The molecule has 1 aromatic carbocycles. The lowest BCUT2D eigenvalue weighted by Gasteiger charge is -2.37. The van der Waals surface area contributed by atoms with Gasteiger partial charge in [-0.15, -0.1) is 0 Å². The number of carbonyl (C=O) groups excluding carboxylic acids is 1. The normalized spacial score (nSPS) is 17.8. The van der Waals surface area contributed by atoms with E-state index in [4.69, 9.17) is 5.11 Å². The topological polar surface area (TPSA) is 40.5 Å². The van der Waals surface area contributed by atoms with Crippen molar-refractivity contribution in [2.75, 3.05) is 19.7 Å². The van der Waals surface area contributed by atoms with Crippen molar-refractivity contribution in [3.8, 4) is 0 Å². The number of nitrogens with zero attached hydrogens (tertiary/aromatic N) is 1. The predicted octanol–water partition coefficient (Wildman–Crippen LogP) is 2.59. The van der Waals surface area contributed by atoms with Gasteiger partial charge in [0.2, 0.25) is 0 Å². The van der Waals surface area contributed by atoms with Gasteiger partial charge >= 0.3 is 0 Å². The minimum atomic E-state index is 0.205. The molecule has 1 N–H and O–H groups in total. The molecule has 3 heteroatoms. The van der Waals surface area contributed by atoms with Gasteiger partial charge in [-0.1, -0.05) is 18.6 Å². The molecule has 0 heterocycles. The van der Waals surface area contributed by atoms with Crippen LogP contribution in [-0.2, 0) is 12.8 Å². The van der Waals surface area contributed by atoms with Crippen molar-refractivity contribution in [1.29, 1.82) is 0 Å². The summed E-state index contributed by atoms with van der Waals surface area (Å²) >= 11 is 0. The summed E-state index contributed by atoms with van der Waals surface area (Å²) in [6.07, 6.45) is 7.92. The number of rotatable bonds is 7. The molecule has 0 aromatic heterocycles. The predicted molar refractivity (Wildman–Crippen MR) is 83.7 cm³/mol. The van der Waals surface area contributed by atoms with E-state index in [2.05, 4.69) is 17.0 Å². The third-order valence-electron chi connectivity index (χ3n) is 4.96. The third kappa shape index (κ3) is 3.35. The molecule has 1 aromatic rings. The maximum Gasteiger partial charge on any atom is 0.176 e. The van der Waals surface area contributed by atoms with Crippen LogP contribution >= 0.6 is 0 Å². The number of ketones is 1. The van der Waals surface area contributed by atoms with E-state index in [1.54, 1.807) is 0 Å². The molecule has 3 nitrogen and oxygen atoms in total. The average molecular weight is 287 g/mol. The molecule has 0 bridgehead atoms. The fourth-order valence-corrected chi connectivity index (χ4v) is 3.44. The van der Waals surface area contributed by atoms with Crippen molar-refractivity contribution in [1.82, 2.24) is 4.90 Å². The first-order valence-electron chi connectivity index (χ1n) is 8.28. The molecule has 21 heavy (non-hydrogen) atoms. The first-order valence-corrected chi connectivity index (χ1v) is 8.28. The highest BCUT2D eigenvalue weighted by atomic mass is 16.3. The molecule has 0 saturated heterocycles.